The van der Waals surface area contributed by atoms with Crippen molar-refractivity contribution in [3.63, 3.8) is 0 Å². The molecule has 0 saturated heterocycles. The molecule has 0 aliphatic rings. The zero-order chi connectivity index (χ0) is 16.2. The topological polar surface area (TPSA) is 59.8 Å². The monoisotopic (exact) mass is 346 g/mol. The van der Waals surface area contributed by atoms with Crippen molar-refractivity contribution >= 4 is 45.6 Å². The summed E-state index contributed by atoms with van der Waals surface area (Å²) in [5, 5.41) is 11.7. The standard InChI is InChI=1S/C16H18N4OS2/c1-11(2)8-20-6-5-12-7-13(3-4-14(12)20)18-15(21)9-22-16-19-17-10-23-16/h3-7,10-11H,8-9H2,1-2H3,(H,18,21). The summed E-state index contributed by atoms with van der Waals surface area (Å²) >= 11 is 2.84. The maximum absolute atomic E-state index is 12.0. The fraction of sp³-hybridized carbons (Fsp3) is 0.312. The van der Waals surface area contributed by atoms with E-state index >= 15 is 0 Å². The van der Waals surface area contributed by atoms with Crippen LogP contribution in [0.3, 0.4) is 0 Å². The van der Waals surface area contributed by atoms with Crippen LogP contribution in [0, 0.1) is 5.92 Å². The molecule has 2 heterocycles. The highest BCUT2D eigenvalue weighted by Gasteiger charge is 2.08. The van der Waals surface area contributed by atoms with Gasteiger partial charge in [-0.2, -0.15) is 0 Å². The van der Waals surface area contributed by atoms with Crippen LogP contribution in [0.5, 0.6) is 0 Å². The molecule has 0 fully saturated rings. The highest BCUT2D eigenvalue weighted by molar-refractivity contribution is 8.01. The molecule has 0 aliphatic heterocycles. The van der Waals surface area contributed by atoms with E-state index in [9.17, 15) is 4.79 Å². The van der Waals surface area contributed by atoms with Crippen LogP contribution in [0.2, 0.25) is 0 Å². The van der Waals surface area contributed by atoms with Gasteiger partial charge in [-0.25, -0.2) is 0 Å². The molecule has 0 spiro atoms. The van der Waals surface area contributed by atoms with Crippen LogP contribution >= 0.6 is 23.1 Å². The molecule has 0 saturated carbocycles. The lowest BCUT2D eigenvalue weighted by Gasteiger charge is -2.09. The number of anilines is 1. The molecule has 120 valence electrons. The van der Waals surface area contributed by atoms with Gasteiger partial charge in [0, 0.05) is 29.3 Å². The molecule has 23 heavy (non-hydrogen) atoms. The number of aromatic nitrogens is 3. The molecule has 0 unspecified atom stereocenters. The number of amides is 1. The van der Waals surface area contributed by atoms with Crippen molar-refractivity contribution in [2.24, 2.45) is 5.92 Å². The van der Waals surface area contributed by atoms with Gasteiger partial charge in [-0.05, 0) is 30.2 Å². The predicted octanol–water partition coefficient (Wildman–Crippen LogP) is 3.88. The quantitative estimate of drug-likeness (QED) is 0.688. The lowest BCUT2D eigenvalue weighted by Crippen LogP contribution is -2.13. The largest absolute Gasteiger partial charge is 0.347 e. The second-order valence-electron chi connectivity index (χ2n) is 5.68. The number of hydrogen-bond donors (Lipinski definition) is 1. The van der Waals surface area contributed by atoms with Gasteiger partial charge < -0.3 is 9.88 Å². The third kappa shape index (κ3) is 4.11. The molecule has 5 nitrogen and oxygen atoms in total. The SMILES string of the molecule is CC(C)Cn1ccc2cc(NC(=O)CSc3nncs3)ccc21. The van der Waals surface area contributed by atoms with Gasteiger partial charge in [0.2, 0.25) is 5.91 Å². The summed E-state index contributed by atoms with van der Waals surface area (Å²) in [5.74, 6) is 0.898. The molecule has 0 bridgehead atoms. The fourth-order valence-electron chi connectivity index (χ4n) is 2.38. The molecule has 3 rings (SSSR count). The molecule has 3 aromatic rings. The number of nitrogens with zero attached hydrogens (tertiary/aromatic N) is 3. The first-order chi connectivity index (χ1) is 11.1. The smallest absolute Gasteiger partial charge is 0.234 e. The Morgan fingerprint density at radius 1 is 1.39 bits per heavy atom. The van der Waals surface area contributed by atoms with E-state index in [2.05, 4.69) is 52.3 Å². The van der Waals surface area contributed by atoms with Crippen LogP contribution < -0.4 is 5.32 Å². The zero-order valence-corrected chi connectivity index (χ0v) is 14.7. The van der Waals surface area contributed by atoms with E-state index in [0.717, 1.165) is 22.0 Å². The summed E-state index contributed by atoms with van der Waals surface area (Å²) < 4.78 is 3.05. The third-order valence-corrected chi connectivity index (χ3v) is 5.14. The number of carbonyl (C=O) groups is 1. The maximum atomic E-state index is 12.0. The van der Waals surface area contributed by atoms with Crippen molar-refractivity contribution in [3.8, 4) is 0 Å². The Kier molecular flexibility index (Phi) is 4.97. The summed E-state index contributed by atoms with van der Waals surface area (Å²) in [5.41, 5.74) is 3.68. The van der Waals surface area contributed by atoms with Gasteiger partial charge in [-0.15, -0.1) is 10.2 Å². The molecule has 0 radical (unpaired) electrons. The molecule has 1 aromatic carbocycles. The van der Waals surface area contributed by atoms with Gasteiger partial charge in [-0.3, -0.25) is 4.79 Å². The second-order valence-corrected chi connectivity index (χ2v) is 7.73. The maximum Gasteiger partial charge on any atom is 0.234 e. The summed E-state index contributed by atoms with van der Waals surface area (Å²) in [6.45, 7) is 5.40. The highest BCUT2D eigenvalue weighted by atomic mass is 32.2. The molecule has 0 atom stereocenters. The van der Waals surface area contributed by atoms with Crippen LogP contribution in [-0.2, 0) is 11.3 Å². The molecule has 1 amide bonds. The molecule has 7 heteroatoms. The van der Waals surface area contributed by atoms with Gasteiger partial charge >= 0.3 is 0 Å². The normalized spacial score (nSPS) is 11.3. The Bertz CT molecular complexity index is 796. The fourth-order valence-corrected chi connectivity index (χ4v) is 3.67. The minimum atomic E-state index is -0.0360. The van der Waals surface area contributed by atoms with E-state index in [4.69, 9.17) is 0 Å². The molecular weight excluding hydrogens is 328 g/mol. The van der Waals surface area contributed by atoms with Crippen LogP contribution in [0.1, 0.15) is 13.8 Å². The van der Waals surface area contributed by atoms with Crippen molar-refractivity contribution in [1.82, 2.24) is 14.8 Å². The van der Waals surface area contributed by atoms with Gasteiger partial charge in [0.25, 0.3) is 0 Å². The number of nitrogens with one attached hydrogen (secondary N) is 1. The number of rotatable bonds is 6. The number of thioether (sulfide) groups is 1. The van der Waals surface area contributed by atoms with E-state index in [-0.39, 0.29) is 5.91 Å². The molecule has 2 aromatic heterocycles. The first kappa shape index (κ1) is 16.0. The minimum Gasteiger partial charge on any atom is -0.347 e. The summed E-state index contributed by atoms with van der Waals surface area (Å²) in [7, 11) is 0. The average molecular weight is 346 g/mol. The third-order valence-electron chi connectivity index (χ3n) is 3.28. The Morgan fingerprint density at radius 2 is 2.26 bits per heavy atom. The first-order valence-electron chi connectivity index (χ1n) is 7.39. The Balaban J connectivity index is 1.65. The lowest BCUT2D eigenvalue weighted by molar-refractivity contribution is -0.113. The predicted molar refractivity (Wildman–Crippen MR) is 96.0 cm³/mol. The van der Waals surface area contributed by atoms with E-state index in [0.29, 0.717) is 11.7 Å². The van der Waals surface area contributed by atoms with Crippen LogP contribution in [0.25, 0.3) is 10.9 Å². The first-order valence-corrected chi connectivity index (χ1v) is 9.26. The highest BCUT2D eigenvalue weighted by Crippen LogP contribution is 2.23. The molecule has 1 N–H and O–H groups in total. The van der Waals surface area contributed by atoms with Crippen molar-refractivity contribution in [1.29, 1.82) is 0 Å². The van der Waals surface area contributed by atoms with Gasteiger partial charge in [0.05, 0.1) is 5.75 Å². The lowest BCUT2D eigenvalue weighted by atomic mass is 10.2. The number of hydrogen-bond acceptors (Lipinski definition) is 5. The number of carbonyl (C=O) groups excluding carboxylic acids is 1. The van der Waals surface area contributed by atoms with E-state index in [1.54, 1.807) is 5.51 Å². The van der Waals surface area contributed by atoms with Crippen molar-refractivity contribution in [2.45, 2.75) is 24.7 Å². The van der Waals surface area contributed by atoms with Crippen LogP contribution in [-0.4, -0.2) is 26.4 Å². The zero-order valence-electron chi connectivity index (χ0n) is 13.0. The summed E-state index contributed by atoms with van der Waals surface area (Å²) in [4.78, 5) is 12.0. The van der Waals surface area contributed by atoms with E-state index in [1.165, 1.54) is 28.6 Å². The Hall–Kier alpha value is -1.86. The summed E-state index contributed by atoms with van der Waals surface area (Å²) in [6.07, 6.45) is 2.10. The minimum absolute atomic E-state index is 0.0360. The summed E-state index contributed by atoms with van der Waals surface area (Å²) in [6, 6.07) is 8.11. The average Bonchev–Trinajstić information content (AvgIpc) is 3.15. The second kappa shape index (κ2) is 7.14. The Labute approximate surface area is 143 Å². The van der Waals surface area contributed by atoms with Crippen LogP contribution in [0.4, 0.5) is 5.69 Å². The molecular formula is C16H18N4OS2. The van der Waals surface area contributed by atoms with Gasteiger partial charge in [-0.1, -0.05) is 36.9 Å². The van der Waals surface area contributed by atoms with Crippen LogP contribution in [0.15, 0.2) is 40.3 Å². The Morgan fingerprint density at radius 3 is 3.00 bits per heavy atom. The number of benzene rings is 1. The van der Waals surface area contributed by atoms with Crippen molar-refractivity contribution in [3.05, 3.63) is 36.0 Å². The van der Waals surface area contributed by atoms with Gasteiger partial charge in [0.1, 0.15) is 5.51 Å². The van der Waals surface area contributed by atoms with E-state index in [1.807, 2.05) is 12.1 Å². The van der Waals surface area contributed by atoms with E-state index < -0.39 is 0 Å². The molecule has 0 aliphatic carbocycles. The van der Waals surface area contributed by atoms with Crippen molar-refractivity contribution in [2.75, 3.05) is 11.1 Å². The van der Waals surface area contributed by atoms with Crippen molar-refractivity contribution < 1.29 is 4.79 Å². The van der Waals surface area contributed by atoms with Gasteiger partial charge in [0.15, 0.2) is 4.34 Å². The number of fused-ring (bicyclic) bond motifs is 1.